The molecular weight excluding hydrogens is 314 g/mol. The maximum Gasteiger partial charge on any atom is 0.270 e. The first kappa shape index (κ1) is 16.8. The van der Waals surface area contributed by atoms with Crippen LogP contribution in [0.1, 0.15) is 29.0 Å². The second-order valence-electron chi connectivity index (χ2n) is 5.87. The Morgan fingerprint density at radius 1 is 1.12 bits per heavy atom. The van der Waals surface area contributed by atoms with Crippen molar-refractivity contribution in [2.45, 2.75) is 13.0 Å². The van der Waals surface area contributed by atoms with Gasteiger partial charge in [-0.2, -0.15) is 5.10 Å². The minimum Gasteiger partial charge on any atom is -0.497 e. The van der Waals surface area contributed by atoms with Crippen LogP contribution in [0.25, 0.3) is 11.3 Å². The van der Waals surface area contributed by atoms with Crippen molar-refractivity contribution in [3.63, 3.8) is 0 Å². The molecule has 5 nitrogen and oxygen atoms in total. The smallest absolute Gasteiger partial charge is 0.270 e. The number of nitrogens with one attached hydrogen (secondary N) is 1. The molecule has 0 bridgehead atoms. The molecule has 0 saturated heterocycles. The van der Waals surface area contributed by atoms with E-state index >= 15 is 0 Å². The summed E-state index contributed by atoms with van der Waals surface area (Å²) in [6, 6.07) is 19.2. The second kappa shape index (κ2) is 7.21. The summed E-state index contributed by atoms with van der Waals surface area (Å²) in [5, 5.41) is 7.46. The predicted octanol–water partition coefficient (Wildman–Crippen LogP) is 3.59. The molecule has 0 aliphatic heterocycles. The van der Waals surface area contributed by atoms with Gasteiger partial charge in [0.1, 0.15) is 11.4 Å². The third-order valence-corrected chi connectivity index (χ3v) is 4.15. The molecule has 128 valence electrons. The largest absolute Gasteiger partial charge is 0.497 e. The summed E-state index contributed by atoms with van der Waals surface area (Å²) < 4.78 is 6.77. The summed E-state index contributed by atoms with van der Waals surface area (Å²) in [4.78, 5) is 12.6. The van der Waals surface area contributed by atoms with Crippen LogP contribution in [0.5, 0.6) is 5.75 Å². The van der Waals surface area contributed by atoms with Gasteiger partial charge >= 0.3 is 0 Å². The molecule has 0 spiro atoms. The Labute approximate surface area is 147 Å². The zero-order chi connectivity index (χ0) is 17.8. The summed E-state index contributed by atoms with van der Waals surface area (Å²) in [5.41, 5.74) is 3.31. The molecule has 2 aromatic carbocycles. The third-order valence-electron chi connectivity index (χ3n) is 4.15. The van der Waals surface area contributed by atoms with Crippen molar-refractivity contribution in [1.82, 2.24) is 15.1 Å². The van der Waals surface area contributed by atoms with Gasteiger partial charge in [-0.25, -0.2) is 0 Å². The van der Waals surface area contributed by atoms with Crippen LogP contribution >= 0.6 is 0 Å². The summed E-state index contributed by atoms with van der Waals surface area (Å²) in [7, 11) is 3.41. The fraction of sp³-hybridized carbons (Fsp3) is 0.200. The zero-order valence-electron chi connectivity index (χ0n) is 14.6. The third kappa shape index (κ3) is 3.71. The van der Waals surface area contributed by atoms with E-state index < -0.39 is 0 Å². The van der Waals surface area contributed by atoms with Gasteiger partial charge in [0, 0.05) is 12.6 Å². The maximum absolute atomic E-state index is 12.6. The van der Waals surface area contributed by atoms with Crippen LogP contribution in [0.15, 0.2) is 60.7 Å². The van der Waals surface area contributed by atoms with E-state index in [1.165, 1.54) is 0 Å². The van der Waals surface area contributed by atoms with E-state index in [4.69, 9.17) is 4.74 Å². The molecule has 0 unspecified atom stereocenters. The second-order valence-corrected chi connectivity index (χ2v) is 5.87. The van der Waals surface area contributed by atoms with Gasteiger partial charge in [0.15, 0.2) is 0 Å². The summed E-state index contributed by atoms with van der Waals surface area (Å²) in [6.45, 7) is 1.95. The molecular formula is C20H21N3O2. The van der Waals surface area contributed by atoms with Crippen molar-refractivity contribution >= 4 is 5.91 Å². The molecule has 0 radical (unpaired) electrons. The number of methoxy groups -OCH3 is 1. The van der Waals surface area contributed by atoms with Gasteiger partial charge < -0.3 is 10.1 Å². The first-order valence-electron chi connectivity index (χ1n) is 8.13. The molecule has 0 fully saturated rings. The molecule has 1 N–H and O–H groups in total. The van der Waals surface area contributed by atoms with Crippen molar-refractivity contribution < 1.29 is 9.53 Å². The Morgan fingerprint density at radius 3 is 2.44 bits per heavy atom. The number of amides is 1. The zero-order valence-corrected chi connectivity index (χ0v) is 14.6. The van der Waals surface area contributed by atoms with Gasteiger partial charge in [-0.05, 0) is 30.7 Å². The molecule has 1 amide bonds. The molecule has 0 aliphatic carbocycles. The van der Waals surface area contributed by atoms with E-state index in [0.717, 1.165) is 22.6 Å². The normalized spacial score (nSPS) is 11.8. The van der Waals surface area contributed by atoms with Crippen LogP contribution < -0.4 is 10.1 Å². The fourth-order valence-electron chi connectivity index (χ4n) is 2.68. The number of hydrogen-bond donors (Lipinski definition) is 1. The highest BCUT2D eigenvalue weighted by atomic mass is 16.5. The highest BCUT2D eigenvalue weighted by Gasteiger charge is 2.17. The minimum absolute atomic E-state index is 0.117. The van der Waals surface area contributed by atoms with Gasteiger partial charge in [0.2, 0.25) is 0 Å². The monoisotopic (exact) mass is 335 g/mol. The highest BCUT2D eigenvalue weighted by Crippen LogP contribution is 2.20. The lowest BCUT2D eigenvalue weighted by Gasteiger charge is -2.14. The standard InChI is InChI=1S/C20H21N3O2/c1-14(15-9-11-17(25-3)12-10-15)21-20(24)19-13-18(22-23(19)2)16-7-5-4-6-8-16/h4-14H,1-3H3,(H,21,24)/t14-/m1/s1. The van der Waals surface area contributed by atoms with Crippen LogP contribution in [0.3, 0.4) is 0 Å². The summed E-state index contributed by atoms with van der Waals surface area (Å²) in [6.07, 6.45) is 0. The molecule has 5 heteroatoms. The van der Waals surface area contributed by atoms with Gasteiger partial charge in [0.25, 0.3) is 5.91 Å². The van der Waals surface area contributed by atoms with Crippen molar-refractivity contribution in [2.75, 3.05) is 7.11 Å². The number of nitrogens with zero attached hydrogens (tertiary/aromatic N) is 2. The van der Waals surface area contributed by atoms with Crippen LogP contribution in [0.2, 0.25) is 0 Å². The Morgan fingerprint density at radius 2 is 1.80 bits per heavy atom. The maximum atomic E-state index is 12.6. The van der Waals surface area contributed by atoms with E-state index in [1.807, 2.05) is 67.6 Å². The van der Waals surface area contributed by atoms with Crippen LogP contribution in [0, 0.1) is 0 Å². The predicted molar refractivity (Wildman–Crippen MR) is 97.5 cm³/mol. The van der Waals surface area contributed by atoms with Gasteiger partial charge in [0.05, 0.1) is 18.8 Å². The van der Waals surface area contributed by atoms with E-state index in [0.29, 0.717) is 5.69 Å². The Balaban J connectivity index is 1.75. The van der Waals surface area contributed by atoms with Crippen molar-refractivity contribution in [1.29, 1.82) is 0 Å². The molecule has 1 heterocycles. The van der Waals surface area contributed by atoms with Crippen molar-refractivity contribution in [3.05, 3.63) is 71.9 Å². The number of carbonyl (C=O) groups is 1. The molecule has 25 heavy (non-hydrogen) atoms. The molecule has 3 rings (SSSR count). The van der Waals surface area contributed by atoms with E-state index in [1.54, 1.807) is 18.8 Å². The number of hydrogen-bond acceptors (Lipinski definition) is 3. The lowest BCUT2D eigenvalue weighted by molar-refractivity contribution is 0.0930. The van der Waals surface area contributed by atoms with E-state index in [9.17, 15) is 4.79 Å². The lowest BCUT2D eigenvalue weighted by atomic mass is 10.1. The Kier molecular flexibility index (Phi) is 4.84. The van der Waals surface area contributed by atoms with Crippen LogP contribution in [-0.2, 0) is 7.05 Å². The van der Waals surface area contributed by atoms with Crippen molar-refractivity contribution in [3.8, 4) is 17.0 Å². The SMILES string of the molecule is COc1ccc([C@@H](C)NC(=O)c2cc(-c3ccccc3)nn2C)cc1. The molecule has 3 aromatic rings. The van der Waals surface area contributed by atoms with E-state index in [-0.39, 0.29) is 11.9 Å². The number of rotatable bonds is 5. The first-order chi connectivity index (χ1) is 12.1. The highest BCUT2D eigenvalue weighted by molar-refractivity contribution is 5.94. The number of carbonyl (C=O) groups excluding carboxylic acids is 1. The number of aromatic nitrogens is 2. The minimum atomic E-state index is -0.152. The average molecular weight is 335 g/mol. The van der Waals surface area contributed by atoms with Gasteiger partial charge in [-0.1, -0.05) is 42.5 Å². The van der Waals surface area contributed by atoms with Gasteiger partial charge in [-0.3, -0.25) is 9.48 Å². The number of aryl methyl sites for hydroxylation is 1. The summed E-state index contributed by atoms with van der Waals surface area (Å²) >= 11 is 0. The molecule has 0 saturated carbocycles. The van der Waals surface area contributed by atoms with E-state index in [2.05, 4.69) is 10.4 Å². The van der Waals surface area contributed by atoms with Crippen LogP contribution in [-0.4, -0.2) is 22.8 Å². The average Bonchev–Trinajstić information content (AvgIpc) is 3.04. The van der Waals surface area contributed by atoms with Crippen molar-refractivity contribution in [2.24, 2.45) is 7.05 Å². The molecule has 0 aliphatic rings. The first-order valence-corrected chi connectivity index (χ1v) is 8.13. The van der Waals surface area contributed by atoms with Crippen LogP contribution in [0.4, 0.5) is 0 Å². The lowest BCUT2D eigenvalue weighted by Crippen LogP contribution is -2.28. The van der Waals surface area contributed by atoms with Gasteiger partial charge in [-0.15, -0.1) is 0 Å². The Bertz CT molecular complexity index is 854. The number of benzene rings is 2. The molecule has 1 aromatic heterocycles. The Hall–Kier alpha value is -3.08. The number of ether oxygens (including phenoxy) is 1. The summed E-state index contributed by atoms with van der Waals surface area (Å²) in [5.74, 6) is 0.641. The topological polar surface area (TPSA) is 56.1 Å². The quantitative estimate of drug-likeness (QED) is 0.775. The molecule has 1 atom stereocenters. The fourth-order valence-corrected chi connectivity index (χ4v) is 2.68.